The van der Waals surface area contributed by atoms with Gasteiger partial charge in [-0.1, -0.05) is 30.3 Å². The lowest BCUT2D eigenvalue weighted by atomic mass is 9.86. The Labute approximate surface area is 201 Å². The molecule has 2 aromatic heterocycles. The highest BCUT2D eigenvalue weighted by atomic mass is 32.1. The van der Waals surface area contributed by atoms with E-state index in [1.165, 1.54) is 22.2 Å². The maximum Gasteiger partial charge on any atom is 0.303 e. The van der Waals surface area contributed by atoms with E-state index in [0.717, 1.165) is 52.2 Å². The predicted molar refractivity (Wildman–Crippen MR) is 137 cm³/mol. The van der Waals surface area contributed by atoms with Crippen molar-refractivity contribution >= 4 is 50.9 Å². The molecule has 5 rings (SSSR count). The second kappa shape index (κ2) is 9.61. The Bertz CT molecular complexity index is 1350. The van der Waals surface area contributed by atoms with Crippen molar-refractivity contribution in [3.8, 4) is 0 Å². The summed E-state index contributed by atoms with van der Waals surface area (Å²) in [6.45, 7) is 0.685. The first kappa shape index (κ1) is 22.0. The topological polar surface area (TPSA) is 111 Å². The van der Waals surface area contributed by atoms with Gasteiger partial charge in [0, 0.05) is 41.0 Å². The van der Waals surface area contributed by atoms with Crippen LogP contribution in [0.4, 0.5) is 17.2 Å². The average molecular weight is 472 g/mol. The number of nitrogens with zero attached hydrogens (tertiary/aromatic N) is 2. The Morgan fingerprint density at radius 3 is 2.85 bits per heavy atom. The molecule has 4 aromatic rings. The largest absolute Gasteiger partial charge is 0.481 e. The number of thiophene rings is 1. The number of anilines is 3. The van der Waals surface area contributed by atoms with Crippen LogP contribution >= 0.6 is 11.3 Å². The number of carbonyl (C=O) groups is 1. The molecule has 1 aliphatic carbocycles. The van der Waals surface area contributed by atoms with E-state index < -0.39 is 5.97 Å². The molecule has 0 fully saturated rings. The van der Waals surface area contributed by atoms with Gasteiger partial charge in [0.25, 0.3) is 0 Å². The number of hydrogen-bond acceptors (Lipinski definition) is 7. The number of nitrogens with one attached hydrogen (secondary N) is 3. The lowest BCUT2D eigenvalue weighted by Crippen LogP contribution is -2.16. The zero-order valence-electron chi connectivity index (χ0n) is 18.5. The van der Waals surface area contributed by atoms with E-state index in [2.05, 4.69) is 32.7 Å². The molecule has 0 aliphatic heterocycles. The van der Waals surface area contributed by atoms with Crippen LogP contribution in [0.3, 0.4) is 0 Å². The van der Waals surface area contributed by atoms with Gasteiger partial charge in [-0.05, 0) is 54.5 Å². The van der Waals surface area contributed by atoms with Gasteiger partial charge < -0.3 is 21.1 Å². The van der Waals surface area contributed by atoms with E-state index in [1.54, 1.807) is 17.7 Å². The van der Waals surface area contributed by atoms with Crippen molar-refractivity contribution in [1.82, 2.24) is 9.97 Å². The van der Waals surface area contributed by atoms with Crippen LogP contribution < -0.4 is 10.6 Å². The van der Waals surface area contributed by atoms with Crippen LogP contribution in [0.5, 0.6) is 0 Å². The molecule has 7 nitrogen and oxygen atoms in total. The number of benzene rings is 2. The maximum atomic E-state index is 11.1. The van der Waals surface area contributed by atoms with E-state index >= 15 is 0 Å². The normalized spacial score (nSPS) is 15.0. The van der Waals surface area contributed by atoms with Crippen LogP contribution in [0, 0.1) is 11.3 Å². The molecule has 2 heterocycles. The third-order valence-corrected chi connectivity index (χ3v) is 7.37. The van der Waals surface area contributed by atoms with Crippen LogP contribution in [0.2, 0.25) is 0 Å². The lowest BCUT2D eigenvalue weighted by molar-refractivity contribution is -0.138. The summed E-state index contributed by atoms with van der Waals surface area (Å²) in [6.07, 6.45) is 5.60. The van der Waals surface area contributed by atoms with Gasteiger partial charge in [0.1, 0.15) is 17.0 Å². The second-order valence-electron chi connectivity index (χ2n) is 8.52. The Morgan fingerprint density at radius 1 is 1.21 bits per heavy atom. The summed E-state index contributed by atoms with van der Waals surface area (Å²) in [4.78, 5) is 22.3. The molecule has 0 amide bonds. The van der Waals surface area contributed by atoms with Gasteiger partial charge in [-0.15, -0.1) is 11.3 Å². The van der Waals surface area contributed by atoms with Crippen molar-refractivity contribution in [2.75, 3.05) is 10.6 Å². The molecule has 1 atom stereocenters. The molecule has 0 radical (unpaired) electrons. The first-order valence-corrected chi connectivity index (χ1v) is 12.1. The minimum Gasteiger partial charge on any atom is -0.481 e. The van der Waals surface area contributed by atoms with Crippen molar-refractivity contribution in [2.45, 2.75) is 32.2 Å². The number of hydrogen-bond donors (Lipinski definition) is 4. The Morgan fingerprint density at radius 2 is 2.06 bits per heavy atom. The molecule has 1 unspecified atom stereocenters. The van der Waals surface area contributed by atoms with E-state index in [-0.39, 0.29) is 12.3 Å². The number of rotatable bonds is 8. The van der Waals surface area contributed by atoms with Crippen molar-refractivity contribution in [3.63, 3.8) is 0 Å². The molecule has 34 heavy (non-hydrogen) atoms. The number of carboxylic acid groups (broad SMARTS) is 1. The van der Waals surface area contributed by atoms with E-state index in [9.17, 15) is 4.79 Å². The van der Waals surface area contributed by atoms with Gasteiger partial charge >= 0.3 is 5.97 Å². The van der Waals surface area contributed by atoms with Crippen LogP contribution in [0.25, 0.3) is 10.2 Å². The molecule has 8 heteroatoms. The van der Waals surface area contributed by atoms with Gasteiger partial charge in [-0.3, -0.25) is 4.79 Å². The molecular formula is C26H25N5O2S. The molecule has 1 aliphatic rings. The van der Waals surface area contributed by atoms with E-state index in [1.807, 2.05) is 36.4 Å². The summed E-state index contributed by atoms with van der Waals surface area (Å²) in [5, 5.41) is 24.9. The summed E-state index contributed by atoms with van der Waals surface area (Å²) in [7, 11) is 0. The third-order valence-electron chi connectivity index (χ3n) is 6.21. The van der Waals surface area contributed by atoms with E-state index in [4.69, 9.17) is 10.5 Å². The summed E-state index contributed by atoms with van der Waals surface area (Å²) < 4.78 is 0. The Hall–Kier alpha value is -3.78. The predicted octanol–water partition coefficient (Wildman–Crippen LogP) is 5.62. The van der Waals surface area contributed by atoms with Gasteiger partial charge in [-0.25, -0.2) is 9.97 Å². The fraction of sp³-hybridized carbons (Fsp3) is 0.231. The van der Waals surface area contributed by atoms with Gasteiger partial charge in [-0.2, -0.15) is 0 Å². The second-order valence-corrected chi connectivity index (χ2v) is 9.61. The number of aryl methyl sites for hydroxylation is 1. The number of aromatic nitrogens is 2. The minimum atomic E-state index is -0.736. The van der Waals surface area contributed by atoms with Crippen molar-refractivity contribution in [2.24, 2.45) is 5.92 Å². The summed E-state index contributed by atoms with van der Waals surface area (Å²) >= 11 is 1.64. The molecule has 0 bridgehead atoms. The van der Waals surface area contributed by atoms with Crippen LogP contribution in [0.15, 0.2) is 54.9 Å². The zero-order valence-corrected chi connectivity index (χ0v) is 19.4. The van der Waals surface area contributed by atoms with Crippen molar-refractivity contribution < 1.29 is 9.90 Å². The monoisotopic (exact) mass is 471 g/mol. The quantitative estimate of drug-likeness (QED) is 0.248. The molecule has 4 N–H and O–H groups in total. The standard InChI is InChI=1S/C26H25N5O2S/c27-13-18-12-19(7-9-21(18)28-14-16-4-2-1-3-5-16)31-25-24-20-8-6-17(11-23(32)33)10-22(20)34-26(24)30-15-29-25/h1-5,7,9,12-13,15,17,27-28H,6,8,10-11,14H2,(H,32,33)(H,29,30,31). The van der Waals surface area contributed by atoms with Crippen molar-refractivity contribution in [1.29, 1.82) is 5.41 Å². The minimum absolute atomic E-state index is 0.175. The van der Waals surface area contributed by atoms with Gasteiger partial charge in [0.15, 0.2) is 0 Å². The highest BCUT2D eigenvalue weighted by Crippen LogP contribution is 2.41. The van der Waals surface area contributed by atoms with Crippen molar-refractivity contribution in [3.05, 3.63) is 76.4 Å². The Kier molecular flexibility index (Phi) is 6.22. The smallest absolute Gasteiger partial charge is 0.303 e. The number of aliphatic carboxylic acids is 1. The average Bonchev–Trinajstić information content (AvgIpc) is 3.22. The first-order chi connectivity index (χ1) is 16.6. The van der Waals surface area contributed by atoms with Crippen LogP contribution in [0.1, 0.15) is 34.4 Å². The summed E-state index contributed by atoms with van der Waals surface area (Å²) in [5.74, 6) is 0.189. The summed E-state index contributed by atoms with van der Waals surface area (Å²) in [6, 6.07) is 16.1. The zero-order chi connectivity index (χ0) is 23.5. The fourth-order valence-corrected chi connectivity index (χ4v) is 5.85. The highest BCUT2D eigenvalue weighted by molar-refractivity contribution is 7.19. The molecule has 0 saturated carbocycles. The molecular weight excluding hydrogens is 446 g/mol. The SMILES string of the molecule is N=Cc1cc(Nc2ncnc3sc4c(c23)CCC(CC(=O)O)C4)ccc1NCc1ccccc1. The maximum absolute atomic E-state index is 11.1. The van der Waals surface area contributed by atoms with E-state index in [0.29, 0.717) is 6.54 Å². The summed E-state index contributed by atoms with van der Waals surface area (Å²) in [5.41, 5.74) is 4.95. The number of fused-ring (bicyclic) bond motifs is 3. The van der Waals surface area contributed by atoms with Crippen LogP contribution in [-0.4, -0.2) is 27.3 Å². The molecule has 2 aromatic carbocycles. The molecule has 0 saturated heterocycles. The third kappa shape index (κ3) is 4.63. The fourth-order valence-electron chi connectivity index (χ4n) is 4.55. The number of carboxylic acids is 1. The first-order valence-electron chi connectivity index (χ1n) is 11.3. The van der Waals surface area contributed by atoms with Gasteiger partial charge in [0.05, 0.1) is 5.39 Å². The molecule has 0 spiro atoms. The Balaban J connectivity index is 1.38. The lowest BCUT2D eigenvalue weighted by Gasteiger charge is -2.20. The van der Waals surface area contributed by atoms with Crippen LogP contribution in [-0.2, 0) is 24.2 Å². The highest BCUT2D eigenvalue weighted by Gasteiger charge is 2.26. The molecule has 172 valence electrons. The van der Waals surface area contributed by atoms with Gasteiger partial charge in [0.2, 0.25) is 0 Å².